The maximum atomic E-state index is 12.9. The number of rotatable bonds is 8. The van der Waals surface area contributed by atoms with Gasteiger partial charge in [-0.25, -0.2) is 4.67 Å². The third-order valence-corrected chi connectivity index (χ3v) is 6.14. The predicted molar refractivity (Wildman–Crippen MR) is 84.5 cm³/mol. The lowest BCUT2D eigenvalue weighted by molar-refractivity contribution is -0.869. The van der Waals surface area contributed by atoms with Gasteiger partial charge in [0.25, 0.3) is 7.52 Å². The summed E-state index contributed by atoms with van der Waals surface area (Å²) in [6.45, 7) is 8.10. The van der Waals surface area contributed by atoms with E-state index in [1.54, 1.807) is 0 Å². The fourth-order valence-corrected chi connectivity index (χ4v) is 3.73. The first-order valence-electron chi connectivity index (χ1n) is 7.55. The highest BCUT2D eigenvalue weighted by Gasteiger charge is 2.35. The Balaban J connectivity index is 2.50. The summed E-state index contributed by atoms with van der Waals surface area (Å²) in [4.78, 5) is 0. The van der Waals surface area contributed by atoms with Gasteiger partial charge in [-0.15, -0.1) is 0 Å². The second-order valence-corrected chi connectivity index (χ2v) is 9.94. The van der Waals surface area contributed by atoms with E-state index < -0.39 is 13.3 Å². The van der Waals surface area contributed by atoms with Crippen LogP contribution in [0.5, 0.6) is 0 Å². The minimum Gasteiger partial charge on any atom is -0.348 e. The minimum absolute atomic E-state index is 0.147. The van der Waals surface area contributed by atoms with E-state index in [9.17, 15) is 4.57 Å². The van der Waals surface area contributed by atoms with Crippen LogP contribution in [0.25, 0.3) is 0 Å². The average Bonchev–Trinajstić information content (AvgIpc) is 2.72. The molecule has 1 fully saturated rings. The molecule has 1 aliphatic rings. The van der Waals surface area contributed by atoms with E-state index in [-0.39, 0.29) is 6.10 Å². The van der Waals surface area contributed by atoms with Gasteiger partial charge in [-0.1, -0.05) is 6.92 Å². The molecule has 1 heterocycles. The first kappa shape index (κ1) is 19.1. The van der Waals surface area contributed by atoms with Crippen LogP contribution in [0.1, 0.15) is 20.8 Å². The van der Waals surface area contributed by atoms with Crippen molar-refractivity contribution in [2.75, 3.05) is 60.7 Å². The van der Waals surface area contributed by atoms with Gasteiger partial charge >= 0.3 is 0 Å². The normalized spacial score (nSPS) is 25.2. The molecule has 126 valence electrons. The largest absolute Gasteiger partial charge is 0.348 e. The van der Waals surface area contributed by atoms with E-state index in [4.69, 9.17) is 14.0 Å². The van der Waals surface area contributed by atoms with E-state index in [1.807, 2.05) is 32.5 Å². The van der Waals surface area contributed by atoms with Crippen LogP contribution in [0.4, 0.5) is 0 Å². The molecule has 0 N–H and O–H groups in total. The highest BCUT2D eigenvalue weighted by atomic mass is 31.2. The summed E-state index contributed by atoms with van der Waals surface area (Å²) in [6.07, 6.45) is 0.351. The molecule has 0 aromatic heterocycles. The highest BCUT2D eigenvalue weighted by molar-refractivity contribution is 7.56. The molecule has 0 aromatic carbocycles. The summed E-state index contributed by atoms with van der Waals surface area (Å²) >= 11 is 0. The molecule has 2 atom stereocenters. The molecular weight excluding hydrogens is 291 g/mol. The van der Waals surface area contributed by atoms with E-state index in [0.717, 1.165) is 17.6 Å². The fraction of sp³-hybridized carbons (Fsp3) is 1.00. The minimum atomic E-state index is -2.78. The van der Waals surface area contributed by atoms with Gasteiger partial charge in [0.1, 0.15) is 6.10 Å². The monoisotopic (exact) mass is 323 g/mol. The Labute approximate surface area is 129 Å². The van der Waals surface area contributed by atoms with E-state index in [0.29, 0.717) is 19.4 Å². The van der Waals surface area contributed by atoms with Crippen LogP contribution >= 0.6 is 7.52 Å². The standard InChI is InChI=1S/C14H32N2O4P/c1-8-21(17,15(4)9-10-16(5,6)7)19-12-13-11-18-14(2,3)20-13/h13H,8-12H2,1-7H3/q+1. The van der Waals surface area contributed by atoms with Crippen LogP contribution < -0.4 is 0 Å². The van der Waals surface area contributed by atoms with Crippen molar-refractivity contribution in [3.05, 3.63) is 0 Å². The van der Waals surface area contributed by atoms with Crippen molar-refractivity contribution in [1.29, 1.82) is 0 Å². The van der Waals surface area contributed by atoms with E-state index >= 15 is 0 Å². The van der Waals surface area contributed by atoms with Gasteiger partial charge in [0.15, 0.2) is 5.79 Å². The summed E-state index contributed by atoms with van der Waals surface area (Å²) in [7, 11) is 5.45. The second-order valence-electron chi connectivity index (χ2n) is 7.10. The Morgan fingerprint density at radius 1 is 1.38 bits per heavy atom. The lowest BCUT2D eigenvalue weighted by Gasteiger charge is -2.31. The maximum absolute atomic E-state index is 12.9. The first-order valence-corrected chi connectivity index (χ1v) is 9.31. The maximum Gasteiger partial charge on any atom is 0.272 e. The number of nitrogens with zero attached hydrogens (tertiary/aromatic N) is 2. The topological polar surface area (TPSA) is 48.0 Å². The van der Waals surface area contributed by atoms with Gasteiger partial charge in [0.2, 0.25) is 0 Å². The lowest BCUT2D eigenvalue weighted by atomic mass is 10.4. The smallest absolute Gasteiger partial charge is 0.272 e. The molecule has 0 saturated carbocycles. The zero-order valence-corrected chi connectivity index (χ0v) is 15.5. The molecule has 7 heteroatoms. The number of hydrogen-bond acceptors (Lipinski definition) is 4. The van der Waals surface area contributed by atoms with Crippen LogP contribution in [0.15, 0.2) is 0 Å². The summed E-state index contributed by atoms with van der Waals surface area (Å²) in [5, 5.41) is 0. The number of likely N-dealkylation sites (N-methyl/N-ethyl adjacent to an activating group) is 2. The van der Waals surface area contributed by atoms with Crippen molar-refractivity contribution < 1.29 is 23.0 Å². The van der Waals surface area contributed by atoms with E-state index in [2.05, 4.69) is 21.1 Å². The van der Waals surface area contributed by atoms with Crippen LogP contribution in [-0.4, -0.2) is 81.7 Å². The van der Waals surface area contributed by atoms with Crippen molar-refractivity contribution in [1.82, 2.24) is 4.67 Å². The molecular formula is C14H32N2O4P+. The summed E-state index contributed by atoms with van der Waals surface area (Å²) in [5.41, 5.74) is 0. The van der Waals surface area contributed by atoms with Crippen molar-refractivity contribution >= 4 is 7.52 Å². The van der Waals surface area contributed by atoms with Gasteiger partial charge in [0, 0.05) is 6.16 Å². The van der Waals surface area contributed by atoms with Crippen LogP contribution in [-0.2, 0) is 18.6 Å². The summed E-state index contributed by atoms with van der Waals surface area (Å²) in [6, 6.07) is 0. The molecule has 1 aliphatic heterocycles. The number of ether oxygens (including phenoxy) is 2. The van der Waals surface area contributed by atoms with Gasteiger partial charge < -0.3 is 18.5 Å². The zero-order valence-electron chi connectivity index (χ0n) is 14.6. The molecule has 0 radical (unpaired) electrons. The number of hydrogen-bond donors (Lipinski definition) is 0. The lowest BCUT2D eigenvalue weighted by Crippen LogP contribution is -2.40. The first-order chi connectivity index (χ1) is 9.47. The quantitative estimate of drug-likeness (QED) is 0.505. The molecule has 0 spiro atoms. The van der Waals surface area contributed by atoms with Crippen molar-refractivity contribution in [3.63, 3.8) is 0 Å². The molecule has 0 bridgehead atoms. The molecule has 21 heavy (non-hydrogen) atoms. The van der Waals surface area contributed by atoms with Crippen LogP contribution in [0, 0.1) is 0 Å². The van der Waals surface area contributed by atoms with Gasteiger partial charge in [-0.3, -0.25) is 4.57 Å². The zero-order chi connectivity index (χ0) is 16.3. The van der Waals surface area contributed by atoms with Crippen molar-refractivity contribution in [2.24, 2.45) is 0 Å². The Morgan fingerprint density at radius 2 is 2.00 bits per heavy atom. The average molecular weight is 323 g/mol. The predicted octanol–water partition coefficient (Wildman–Crippen LogP) is 2.01. The third kappa shape index (κ3) is 6.35. The summed E-state index contributed by atoms with van der Waals surface area (Å²) in [5.74, 6) is -0.570. The van der Waals surface area contributed by atoms with Gasteiger partial charge in [-0.05, 0) is 20.9 Å². The fourth-order valence-electron chi connectivity index (χ4n) is 2.07. The SMILES string of the molecule is CCP(=O)(OCC1COC(C)(C)O1)N(C)CC[N+](C)(C)C. The Kier molecular flexibility index (Phi) is 6.42. The molecule has 0 amide bonds. The Bertz CT molecular complexity index is 382. The molecule has 2 unspecified atom stereocenters. The van der Waals surface area contributed by atoms with Crippen molar-refractivity contribution in [2.45, 2.75) is 32.7 Å². The van der Waals surface area contributed by atoms with Crippen LogP contribution in [0.3, 0.4) is 0 Å². The van der Waals surface area contributed by atoms with E-state index in [1.165, 1.54) is 0 Å². The summed E-state index contributed by atoms with van der Waals surface area (Å²) < 4.78 is 32.6. The molecule has 0 aromatic rings. The Morgan fingerprint density at radius 3 is 2.43 bits per heavy atom. The van der Waals surface area contributed by atoms with Crippen molar-refractivity contribution in [3.8, 4) is 0 Å². The molecule has 6 nitrogen and oxygen atoms in total. The molecule has 0 aliphatic carbocycles. The van der Waals surface area contributed by atoms with Crippen LogP contribution in [0.2, 0.25) is 0 Å². The molecule has 1 saturated heterocycles. The molecule has 1 rings (SSSR count). The van der Waals surface area contributed by atoms with Gasteiger partial charge in [-0.2, -0.15) is 0 Å². The third-order valence-electron chi connectivity index (χ3n) is 3.54. The Hall–Kier alpha value is 0.0300. The number of quaternary nitrogens is 1. The second kappa shape index (κ2) is 7.07. The highest BCUT2D eigenvalue weighted by Crippen LogP contribution is 2.49. The van der Waals surface area contributed by atoms with Gasteiger partial charge in [0.05, 0.1) is 47.4 Å².